The van der Waals surface area contributed by atoms with Crippen molar-refractivity contribution in [2.75, 3.05) is 5.75 Å². The van der Waals surface area contributed by atoms with E-state index >= 15 is 0 Å². The summed E-state index contributed by atoms with van der Waals surface area (Å²) in [5.74, 6) is 2.15. The molecule has 2 aliphatic rings. The van der Waals surface area contributed by atoms with Gasteiger partial charge in [-0.2, -0.15) is 0 Å². The summed E-state index contributed by atoms with van der Waals surface area (Å²) in [5.41, 5.74) is 0. The Labute approximate surface area is 84.7 Å². The Morgan fingerprint density at radius 1 is 1.38 bits per heavy atom. The van der Waals surface area contributed by atoms with Gasteiger partial charge < -0.3 is 4.79 Å². The fourth-order valence-electron chi connectivity index (χ4n) is 2.30. The molecule has 1 unspecified atom stereocenters. The van der Waals surface area contributed by atoms with Gasteiger partial charge in [-0.3, -0.25) is 0 Å². The van der Waals surface area contributed by atoms with E-state index in [0.717, 1.165) is 18.8 Å². The highest BCUT2D eigenvalue weighted by Crippen LogP contribution is 2.42. The zero-order chi connectivity index (χ0) is 9.15. The molecule has 0 aromatic rings. The van der Waals surface area contributed by atoms with E-state index in [-0.39, 0.29) is 4.75 Å². The van der Waals surface area contributed by atoms with Gasteiger partial charge in [-0.05, 0) is 37.4 Å². The molecular weight excluding hydrogens is 180 g/mol. The molecule has 1 saturated heterocycles. The average Bonchev–Trinajstić information content (AvgIpc) is 2.51. The van der Waals surface area contributed by atoms with Crippen molar-refractivity contribution in [2.45, 2.75) is 49.7 Å². The fourth-order valence-corrected chi connectivity index (χ4v) is 3.61. The van der Waals surface area contributed by atoms with Gasteiger partial charge in [0.25, 0.3) is 0 Å². The van der Waals surface area contributed by atoms with Crippen molar-refractivity contribution in [1.29, 1.82) is 0 Å². The summed E-state index contributed by atoms with van der Waals surface area (Å²) in [7, 11) is 0. The van der Waals surface area contributed by atoms with E-state index < -0.39 is 0 Å². The van der Waals surface area contributed by atoms with Crippen LogP contribution in [-0.2, 0) is 4.79 Å². The molecule has 0 N–H and O–H groups in total. The van der Waals surface area contributed by atoms with Crippen molar-refractivity contribution in [1.82, 2.24) is 0 Å². The number of carbonyl (C=O) groups excluding carboxylic acids is 1. The fraction of sp³-hybridized carbons (Fsp3) is 0.909. The number of aldehydes is 1. The van der Waals surface area contributed by atoms with Crippen molar-refractivity contribution in [3.63, 3.8) is 0 Å². The first-order chi connectivity index (χ1) is 6.35. The second-order valence-corrected chi connectivity index (χ2v) is 5.98. The predicted octanol–water partition coefficient (Wildman–Crippen LogP) is 3.03. The lowest BCUT2D eigenvalue weighted by molar-refractivity contribution is -0.110. The first-order valence-electron chi connectivity index (χ1n) is 5.45. The van der Waals surface area contributed by atoms with Gasteiger partial charge in [0.2, 0.25) is 0 Å². The van der Waals surface area contributed by atoms with Gasteiger partial charge in [0.1, 0.15) is 6.29 Å². The van der Waals surface area contributed by atoms with Crippen LogP contribution in [0.4, 0.5) is 0 Å². The Bertz CT molecular complexity index is 181. The van der Waals surface area contributed by atoms with Gasteiger partial charge >= 0.3 is 0 Å². The van der Waals surface area contributed by atoms with Crippen LogP contribution >= 0.6 is 11.8 Å². The van der Waals surface area contributed by atoms with Gasteiger partial charge in [0.05, 0.1) is 4.75 Å². The Kier molecular flexibility index (Phi) is 2.97. The molecule has 1 saturated carbocycles. The van der Waals surface area contributed by atoms with Crippen molar-refractivity contribution in [2.24, 2.45) is 5.92 Å². The van der Waals surface area contributed by atoms with Crippen LogP contribution < -0.4 is 0 Å². The maximum absolute atomic E-state index is 11.0. The molecule has 0 aromatic carbocycles. The van der Waals surface area contributed by atoms with E-state index in [4.69, 9.17) is 0 Å². The second kappa shape index (κ2) is 4.04. The molecule has 0 radical (unpaired) electrons. The van der Waals surface area contributed by atoms with E-state index in [1.165, 1.54) is 44.1 Å². The lowest BCUT2D eigenvalue weighted by atomic mass is 9.80. The largest absolute Gasteiger partial charge is 0.302 e. The van der Waals surface area contributed by atoms with Crippen LogP contribution in [0.5, 0.6) is 0 Å². The highest BCUT2D eigenvalue weighted by atomic mass is 32.2. The van der Waals surface area contributed by atoms with Gasteiger partial charge in [0.15, 0.2) is 0 Å². The standard InChI is InChI=1S/C11H18OS/c12-9-11(6-2-8-13-11)7-5-10-3-1-4-10/h9-10H,1-8H2. The number of hydrogen-bond acceptors (Lipinski definition) is 2. The number of carbonyl (C=O) groups is 1. The lowest BCUT2D eigenvalue weighted by Crippen LogP contribution is -2.25. The van der Waals surface area contributed by atoms with E-state index in [0.29, 0.717) is 0 Å². The number of hydrogen-bond donors (Lipinski definition) is 0. The van der Waals surface area contributed by atoms with E-state index in [1.807, 2.05) is 11.8 Å². The quantitative estimate of drug-likeness (QED) is 0.646. The van der Waals surface area contributed by atoms with Crippen LogP contribution in [0.25, 0.3) is 0 Å². The summed E-state index contributed by atoms with van der Waals surface area (Å²) >= 11 is 1.90. The summed E-state index contributed by atoms with van der Waals surface area (Å²) in [6.07, 6.45) is 10.3. The summed E-state index contributed by atoms with van der Waals surface area (Å²) < 4.78 is 0.0373. The van der Waals surface area contributed by atoms with Crippen LogP contribution in [-0.4, -0.2) is 16.8 Å². The molecule has 2 rings (SSSR count). The number of thioether (sulfide) groups is 1. The molecule has 1 heterocycles. The molecule has 1 nitrogen and oxygen atoms in total. The minimum absolute atomic E-state index is 0.0373. The molecule has 2 fully saturated rings. The second-order valence-electron chi connectivity index (χ2n) is 4.47. The highest BCUT2D eigenvalue weighted by Gasteiger charge is 2.35. The third kappa shape index (κ3) is 2.09. The molecule has 13 heavy (non-hydrogen) atoms. The average molecular weight is 198 g/mol. The smallest absolute Gasteiger partial charge is 0.136 e. The summed E-state index contributed by atoms with van der Waals surface area (Å²) in [6, 6.07) is 0. The van der Waals surface area contributed by atoms with Gasteiger partial charge in [0, 0.05) is 0 Å². The third-order valence-electron chi connectivity index (χ3n) is 3.55. The molecule has 74 valence electrons. The summed E-state index contributed by atoms with van der Waals surface area (Å²) in [4.78, 5) is 11.0. The molecule has 2 heteroatoms. The molecule has 0 bridgehead atoms. The maximum atomic E-state index is 11.0. The topological polar surface area (TPSA) is 17.1 Å². The predicted molar refractivity (Wildman–Crippen MR) is 57.1 cm³/mol. The van der Waals surface area contributed by atoms with Crippen LogP contribution in [0.3, 0.4) is 0 Å². The Balaban J connectivity index is 1.79. The molecule has 1 aliphatic heterocycles. The van der Waals surface area contributed by atoms with E-state index in [2.05, 4.69) is 0 Å². The van der Waals surface area contributed by atoms with E-state index in [1.54, 1.807) is 0 Å². The minimum atomic E-state index is 0.0373. The first kappa shape index (κ1) is 9.57. The van der Waals surface area contributed by atoms with Crippen molar-refractivity contribution in [3.05, 3.63) is 0 Å². The summed E-state index contributed by atoms with van der Waals surface area (Å²) in [5, 5.41) is 0. The minimum Gasteiger partial charge on any atom is -0.302 e. The zero-order valence-electron chi connectivity index (χ0n) is 8.13. The van der Waals surface area contributed by atoms with Crippen LogP contribution in [0.15, 0.2) is 0 Å². The molecule has 0 spiro atoms. The Morgan fingerprint density at radius 3 is 2.69 bits per heavy atom. The molecule has 0 aromatic heterocycles. The van der Waals surface area contributed by atoms with Crippen molar-refractivity contribution >= 4 is 18.0 Å². The number of rotatable bonds is 4. The van der Waals surface area contributed by atoms with Crippen LogP contribution in [0.1, 0.15) is 44.9 Å². The zero-order valence-corrected chi connectivity index (χ0v) is 8.94. The molecule has 0 amide bonds. The van der Waals surface area contributed by atoms with Gasteiger partial charge in [-0.1, -0.05) is 19.3 Å². The third-order valence-corrected chi connectivity index (χ3v) is 5.12. The van der Waals surface area contributed by atoms with Crippen molar-refractivity contribution in [3.8, 4) is 0 Å². The Morgan fingerprint density at radius 2 is 2.23 bits per heavy atom. The first-order valence-corrected chi connectivity index (χ1v) is 6.43. The van der Waals surface area contributed by atoms with E-state index in [9.17, 15) is 4.79 Å². The van der Waals surface area contributed by atoms with Gasteiger partial charge in [-0.25, -0.2) is 0 Å². The highest BCUT2D eigenvalue weighted by molar-refractivity contribution is 8.01. The molecule has 1 atom stereocenters. The molecule has 1 aliphatic carbocycles. The SMILES string of the molecule is O=CC1(CCC2CCC2)CCCS1. The summed E-state index contributed by atoms with van der Waals surface area (Å²) in [6.45, 7) is 0. The molecular formula is C11H18OS. The van der Waals surface area contributed by atoms with Crippen molar-refractivity contribution < 1.29 is 4.79 Å². The lowest BCUT2D eigenvalue weighted by Gasteiger charge is -2.29. The normalized spacial score (nSPS) is 34.5. The van der Waals surface area contributed by atoms with Crippen LogP contribution in [0.2, 0.25) is 0 Å². The van der Waals surface area contributed by atoms with Gasteiger partial charge in [-0.15, -0.1) is 11.8 Å². The van der Waals surface area contributed by atoms with Crippen LogP contribution in [0, 0.1) is 5.92 Å². The maximum Gasteiger partial charge on any atom is 0.136 e. The monoisotopic (exact) mass is 198 g/mol. The Hall–Kier alpha value is 0.0200.